The number of halogens is 1. The van der Waals surface area contributed by atoms with Crippen molar-refractivity contribution in [2.24, 2.45) is 5.92 Å². The lowest BCUT2D eigenvalue weighted by Crippen LogP contribution is -2.46. The SMILES string of the molecule is COC(=O)C(CC(C)C)NC(=O)CNC(=O)c1ccc(F)cc1. The van der Waals surface area contributed by atoms with Gasteiger partial charge in [0.25, 0.3) is 5.91 Å². The molecular weight excluding hydrogens is 303 g/mol. The molecule has 7 heteroatoms. The van der Waals surface area contributed by atoms with Gasteiger partial charge in [0.15, 0.2) is 0 Å². The fraction of sp³-hybridized carbons (Fsp3) is 0.438. The van der Waals surface area contributed by atoms with Crippen LogP contribution >= 0.6 is 0 Å². The van der Waals surface area contributed by atoms with Crippen molar-refractivity contribution in [3.05, 3.63) is 35.6 Å². The maximum absolute atomic E-state index is 12.8. The topological polar surface area (TPSA) is 84.5 Å². The van der Waals surface area contributed by atoms with Crippen LogP contribution in [0.4, 0.5) is 4.39 Å². The number of hydrogen-bond acceptors (Lipinski definition) is 4. The summed E-state index contributed by atoms with van der Waals surface area (Å²) in [4.78, 5) is 35.3. The average Bonchev–Trinajstić information content (AvgIpc) is 2.51. The Kier molecular flexibility index (Phi) is 7.18. The molecule has 0 fully saturated rings. The molecule has 6 nitrogen and oxygen atoms in total. The van der Waals surface area contributed by atoms with Gasteiger partial charge in [0, 0.05) is 5.56 Å². The Hall–Kier alpha value is -2.44. The molecule has 126 valence electrons. The van der Waals surface area contributed by atoms with Gasteiger partial charge in [-0.2, -0.15) is 0 Å². The monoisotopic (exact) mass is 324 g/mol. The maximum Gasteiger partial charge on any atom is 0.328 e. The Balaban J connectivity index is 2.52. The number of nitrogens with one attached hydrogen (secondary N) is 2. The largest absolute Gasteiger partial charge is 0.467 e. The van der Waals surface area contributed by atoms with E-state index in [0.29, 0.717) is 6.42 Å². The number of benzene rings is 1. The van der Waals surface area contributed by atoms with Gasteiger partial charge in [0.1, 0.15) is 11.9 Å². The van der Waals surface area contributed by atoms with Gasteiger partial charge in [-0.05, 0) is 36.6 Å². The summed E-state index contributed by atoms with van der Waals surface area (Å²) < 4.78 is 17.4. The molecular formula is C16H21FN2O4. The van der Waals surface area contributed by atoms with Crippen LogP contribution in [0.3, 0.4) is 0 Å². The molecule has 1 aromatic carbocycles. The van der Waals surface area contributed by atoms with Crippen LogP contribution in [-0.2, 0) is 14.3 Å². The van der Waals surface area contributed by atoms with Gasteiger partial charge in [-0.1, -0.05) is 13.8 Å². The van der Waals surface area contributed by atoms with E-state index >= 15 is 0 Å². The van der Waals surface area contributed by atoms with Gasteiger partial charge in [-0.3, -0.25) is 9.59 Å². The van der Waals surface area contributed by atoms with Crippen LogP contribution in [0.15, 0.2) is 24.3 Å². The molecule has 1 unspecified atom stereocenters. The molecule has 0 heterocycles. The van der Waals surface area contributed by atoms with E-state index in [1.54, 1.807) is 0 Å². The smallest absolute Gasteiger partial charge is 0.328 e. The molecule has 0 bridgehead atoms. The predicted octanol–water partition coefficient (Wildman–Crippen LogP) is 1.26. The zero-order valence-electron chi connectivity index (χ0n) is 13.4. The number of esters is 1. The zero-order valence-corrected chi connectivity index (χ0v) is 13.4. The molecule has 0 aliphatic heterocycles. The van der Waals surface area contributed by atoms with Crippen LogP contribution in [0.1, 0.15) is 30.6 Å². The summed E-state index contributed by atoms with van der Waals surface area (Å²) in [7, 11) is 1.25. The molecule has 0 spiro atoms. The van der Waals surface area contributed by atoms with Crippen molar-refractivity contribution in [3.63, 3.8) is 0 Å². The molecule has 0 aromatic heterocycles. The third-order valence-corrected chi connectivity index (χ3v) is 3.04. The van der Waals surface area contributed by atoms with Crippen molar-refractivity contribution in [2.45, 2.75) is 26.3 Å². The summed E-state index contributed by atoms with van der Waals surface area (Å²) in [6.45, 7) is 3.54. The number of rotatable bonds is 7. The van der Waals surface area contributed by atoms with Crippen molar-refractivity contribution >= 4 is 17.8 Å². The first kappa shape index (κ1) is 18.6. The molecule has 2 N–H and O–H groups in total. The summed E-state index contributed by atoms with van der Waals surface area (Å²) in [5.41, 5.74) is 0.242. The Morgan fingerprint density at radius 3 is 2.30 bits per heavy atom. The third kappa shape index (κ3) is 6.46. The van der Waals surface area contributed by atoms with E-state index in [9.17, 15) is 18.8 Å². The second kappa shape index (κ2) is 8.87. The summed E-state index contributed by atoms with van der Waals surface area (Å²) in [5.74, 6) is -1.80. The minimum absolute atomic E-state index is 0.188. The highest BCUT2D eigenvalue weighted by Gasteiger charge is 2.22. The van der Waals surface area contributed by atoms with Gasteiger partial charge in [-0.15, -0.1) is 0 Å². The van der Waals surface area contributed by atoms with Crippen molar-refractivity contribution < 1.29 is 23.5 Å². The summed E-state index contributed by atoms with van der Waals surface area (Å²) in [5, 5.41) is 4.94. The average molecular weight is 324 g/mol. The number of carbonyl (C=O) groups is 3. The Morgan fingerprint density at radius 2 is 1.78 bits per heavy atom. The molecule has 0 aliphatic rings. The number of amides is 2. The summed E-state index contributed by atoms with van der Waals surface area (Å²) in [6.07, 6.45) is 0.435. The van der Waals surface area contributed by atoms with E-state index in [1.807, 2.05) is 13.8 Å². The highest BCUT2D eigenvalue weighted by molar-refractivity contribution is 5.96. The first-order chi connectivity index (χ1) is 10.8. The number of hydrogen-bond donors (Lipinski definition) is 2. The van der Waals surface area contributed by atoms with Crippen LogP contribution in [0, 0.1) is 11.7 Å². The normalized spacial score (nSPS) is 11.7. The second-order valence-corrected chi connectivity index (χ2v) is 5.46. The van der Waals surface area contributed by atoms with Crippen LogP contribution in [-0.4, -0.2) is 37.5 Å². The highest BCUT2D eigenvalue weighted by Crippen LogP contribution is 2.06. The second-order valence-electron chi connectivity index (χ2n) is 5.46. The molecule has 1 atom stereocenters. The predicted molar refractivity (Wildman–Crippen MR) is 82.1 cm³/mol. The van der Waals surface area contributed by atoms with Gasteiger partial charge < -0.3 is 15.4 Å². The van der Waals surface area contributed by atoms with Crippen molar-refractivity contribution in [1.82, 2.24) is 10.6 Å². The van der Waals surface area contributed by atoms with Crippen molar-refractivity contribution in [2.75, 3.05) is 13.7 Å². The lowest BCUT2D eigenvalue weighted by molar-refractivity contribution is -0.145. The van der Waals surface area contributed by atoms with E-state index in [1.165, 1.54) is 19.2 Å². The molecule has 1 rings (SSSR count). The maximum atomic E-state index is 12.8. The molecule has 0 saturated heterocycles. The van der Waals surface area contributed by atoms with E-state index in [4.69, 9.17) is 0 Å². The van der Waals surface area contributed by atoms with Gasteiger partial charge in [0.2, 0.25) is 5.91 Å². The lowest BCUT2D eigenvalue weighted by Gasteiger charge is -2.18. The Labute approximate surface area is 134 Å². The van der Waals surface area contributed by atoms with Gasteiger partial charge in [-0.25, -0.2) is 9.18 Å². The summed E-state index contributed by atoms with van der Waals surface area (Å²) >= 11 is 0. The van der Waals surface area contributed by atoms with Gasteiger partial charge in [0.05, 0.1) is 13.7 Å². The van der Waals surface area contributed by atoms with E-state index in [0.717, 1.165) is 12.1 Å². The number of ether oxygens (including phenoxy) is 1. The standard InChI is InChI=1S/C16H21FN2O4/c1-10(2)8-13(16(22)23-3)19-14(20)9-18-15(21)11-4-6-12(17)7-5-11/h4-7,10,13H,8-9H2,1-3H3,(H,18,21)(H,19,20). The van der Waals surface area contributed by atoms with Crippen molar-refractivity contribution in [1.29, 1.82) is 0 Å². The fourth-order valence-electron chi connectivity index (χ4n) is 1.94. The van der Waals surface area contributed by atoms with E-state index in [-0.39, 0.29) is 18.0 Å². The van der Waals surface area contributed by atoms with Crippen LogP contribution < -0.4 is 10.6 Å². The Bertz CT molecular complexity index is 558. The van der Waals surface area contributed by atoms with Gasteiger partial charge >= 0.3 is 5.97 Å². The van der Waals surface area contributed by atoms with Crippen LogP contribution in [0.25, 0.3) is 0 Å². The Morgan fingerprint density at radius 1 is 1.17 bits per heavy atom. The molecule has 0 radical (unpaired) electrons. The first-order valence-electron chi connectivity index (χ1n) is 7.24. The van der Waals surface area contributed by atoms with E-state index in [2.05, 4.69) is 15.4 Å². The lowest BCUT2D eigenvalue weighted by atomic mass is 10.0. The number of carbonyl (C=O) groups excluding carboxylic acids is 3. The minimum atomic E-state index is -0.754. The first-order valence-corrected chi connectivity index (χ1v) is 7.24. The quantitative estimate of drug-likeness (QED) is 0.740. The zero-order chi connectivity index (χ0) is 17.4. The van der Waals surface area contributed by atoms with E-state index < -0.39 is 29.6 Å². The van der Waals surface area contributed by atoms with Crippen LogP contribution in [0.2, 0.25) is 0 Å². The summed E-state index contributed by atoms with van der Waals surface area (Å²) in [6, 6.07) is 4.20. The molecule has 2 amide bonds. The fourth-order valence-corrected chi connectivity index (χ4v) is 1.94. The highest BCUT2D eigenvalue weighted by atomic mass is 19.1. The van der Waals surface area contributed by atoms with Crippen LogP contribution in [0.5, 0.6) is 0 Å². The molecule has 0 saturated carbocycles. The minimum Gasteiger partial charge on any atom is -0.467 e. The molecule has 1 aromatic rings. The molecule has 23 heavy (non-hydrogen) atoms. The van der Waals surface area contributed by atoms with Crippen molar-refractivity contribution in [3.8, 4) is 0 Å². The molecule has 0 aliphatic carbocycles. The number of methoxy groups -OCH3 is 1. The third-order valence-electron chi connectivity index (χ3n) is 3.04.